The van der Waals surface area contributed by atoms with Crippen LogP contribution in [0.3, 0.4) is 0 Å². The maximum Gasteiger partial charge on any atom is 0.489 e. The number of aryl methyl sites for hydroxylation is 1. The van der Waals surface area contributed by atoms with Gasteiger partial charge in [0.25, 0.3) is 5.92 Å². The average molecular weight is 344 g/mol. The van der Waals surface area contributed by atoms with Gasteiger partial charge in [0.05, 0.1) is 22.0 Å². The SMILES string of the molecule is FC1(F)CCc2c(n(C(F)(F)F)c3cc(Cl)c(Cl)cc23)C1. The van der Waals surface area contributed by atoms with Gasteiger partial charge in [-0.25, -0.2) is 8.78 Å². The van der Waals surface area contributed by atoms with Crippen molar-refractivity contribution in [2.24, 2.45) is 0 Å². The topological polar surface area (TPSA) is 4.93 Å². The molecule has 1 nitrogen and oxygen atoms in total. The van der Waals surface area contributed by atoms with Crippen molar-refractivity contribution in [1.82, 2.24) is 4.57 Å². The molecule has 2 aromatic rings. The largest absolute Gasteiger partial charge is 0.489 e. The van der Waals surface area contributed by atoms with Gasteiger partial charge in [-0.05, 0) is 24.1 Å². The van der Waals surface area contributed by atoms with E-state index in [0.717, 1.165) is 6.07 Å². The van der Waals surface area contributed by atoms with Crippen molar-refractivity contribution in [3.8, 4) is 0 Å². The van der Waals surface area contributed by atoms with E-state index in [4.69, 9.17) is 23.2 Å². The second-order valence-electron chi connectivity index (χ2n) is 5.04. The number of alkyl halides is 5. The highest BCUT2D eigenvalue weighted by molar-refractivity contribution is 6.42. The van der Waals surface area contributed by atoms with Gasteiger partial charge in [-0.15, -0.1) is 13.2 Å². The van der Waals surface area contributed by atoms with Crippen molar-refractivity contribution in [3.05, 3.63) is 33.4 Å². The molecule has 0 atom stereocenters. The number of rotatable bonds is 0. The zero-order valence-corrected chi connectivity index (χ0v) is 11.9. The smallest absolute Gasteiger partial charge is 0.256 e. The molecule has 0 bridgehead atoms. The van der Waals surface area contributed by atoms with E-state index in [-0.39, 0.29) is 37.5 Å². The Hall–Kier alpha value is -1.01. The third-order valence-corrected chi connectivity index (χ3v) is 4.37. The van der Waals surface area contributed by atoms with Crippen LogP contribution in [0.2, 0.25) is 10.0 Å². The first-order chi connectivity index (χ1) is 9.60. The summed E-state index contributed by atoms with van der Waals surface area (Å²) in [6.07, 6.45) is -6.33. The van der Waals surface area contributed by atoms with Crippen LogP contribution in [-0.2, 0) is 19.1 Å². The van der Waals surface area contributed by atoms with E-state index in [1.54, 1.807) is 0 Å². The van der Waals surface area contributed by atoms with Crippen molar-refractivity contribution in [2.45, 2.75) is 31.5 Å². The van der Waals surface area contributed by atoms with Crippen LogP contribution < -0.4 is 0 Å². The molecule has 0 saturated heterocycles. The fourth-order valence-corrected chi connectivity index (χ4v) is 3.12. The van der Waals surface area contributed by atoms with E-state index < -0.39 is 30.8 Å². The quantitative estimate of drug-likeness (QED) is 0.553. The van der Waals surface area contributed by atoms with Gasteiger partial charge in [-0.2, -0.15) is 0 Å². The minimum atomic E-state index is -4.80. The van der Waals surface area contributed by atoms with Crippen LogP contribution in [0.25, 0.3) is 10.9 Å². The molecule has 1 aromatic carbocycles. The van der Waals surface area contributed by atoms with Crippen molar-refractivity contribution < 1.29 is 22.0 Å². The Labute approximate surface area is 126 Å². The molecular weight excluding hydrogens is 336 g/mol. The van der Waals surface area contributed by atoms with Gasteiger partial charge in [-0.1, -0.05) is 23.2 Å². The molecule has 0 fully saturated rings. The first kappa shape index (κ1) is 14.9. The van der Waals surface area contributed by atoms with Crippen LogP contribution in [0.1, 0.15) is 17.7 Å². The maximum absolute atomic E-state index is 13.5. The zero-order valence-electron chi connectivity index (χ0n) is 10.4. The summed E-state index contributed by atoms with van der Waals surface area (Å²) < 4.78 is 66.8. The van der Waals surface area contributed by atoms with E-state index in [1.807, 2.05) is 0 Å². The lowest BCUT2D eigenvalue weighted by Gasteiger charge is -2.24. The molecule has 0 unspecified atom stereocenters. The number of hydrogen-bond donors (Lipinski definition) is 0. The summed E-state index contributed by atoms with van der Waals surface area (Å²) in [6, 6.07) is 2.38. The minimum Gasteiger partial charge on any atom is -0.256 e. The molecule has 1 aliphatic carbocycles. The van der Waals surface area contributed by atoms with E-state index in [0.29, 0.717) is 0 Å². The number of hydrogen-bond acceptors (Lipinski definition) is 0. The molecule has 0 radical (unpaired) electrons. The summed E-state index contributed by atoms with van der Waals surface area (Å²) in [7, 11) is 0. The number of fused-ring (bicyclic) bond motifs is 3. The summed E-state index contributed by atoms with van der Waals surface area (Å²) in [5.41, 5.74) is -0.376. The molecule has 8 heteroatoms. The van der Waals surface area contributed by atoms with Gasteiger partial charge in [0, 0.05) is 17.5 Å². The molecule has 21 heavy (non-hydrogen) atoms. The molecule has 1 aromatic heterocycles. The normalized spacial score (nSPS) is 18.0. The first-order valence-electron chi connectivity index (χ1n) is 6.06. The highest BCUT2D eigenvalue weighted by atomic mass is 35.5. The highest BCUT2D eigenvalue weighted by Gasteiger charge is 2.43. The van der Waals surface area contributed by atoms with Crippen LogP contribution in [0.15, 0.2) is 12.1 Å². The number of benzene rings is 1. The summed E-state index contributed by atoms with van der Waals surface area (Å²) in [5.74, 6) is -3.14. The van der Waals surface area contributed by atoms with Gasteiger partial charge in [0.1, 0.15) is 0 Å². The third kappa shape index (κ3) is 2.38. The molecule has 0 amide bonds. The first-order valence-corrected chi connectivity index (χ1v) is 6.82. The summed E-state index contributed by atoms with van der Waals surface area (Å²) in [6.45, 7) is 0. The van der Waals surface area contributed by atoms with Crippen LogP contribution in [-0.4, -0.2) is 10.5 Å². The van der Waals surface area contributed by atoms with Crippen molar-refractivity contribution >= 4 is 34.1 Å². The lowest BCUT2D eigenvalue weighted by Crippen LogP contribution is -2.30. The Balaban J connectivity index is 2.39. The third-order valence-electron chi connectivity index (χ3n) is 3.64. The maximum atomic E-state index is 13.5. The van der Waals surface area contributed by atoms with Gasteiger partial charge in [-0.3, -0.25) is 4.57 Å². The molecule has 0 spiro atoms. The van der Waals surface area contributed by atoms with E-state index in [2.05, 4.69) is 0 Å². The molecular formula is C13H8Cl2F5N. The number of halogens is 7. The minimum absolute atomic E-state index is 0.00700. The predicted molar refractivity (Wildman–Crippen MR) is 70.2 cm³/mol. The van der Waals surface area contributed by atoms with Crippen molar-refractivity contribution in [2.75, 3.05) is 0 Å². The van der Waals surface area contributed by atoms with Crippen molar-refractivity contribution in [3.63, 3.8) is 0 Å². The molecule has 0 N–H and O–H groups in total. The molecule has 3 rings (SSSR count). The monoisotopic (exact) mass is 343 g/mol. The summed E-state index contributed by atoms with van der Waals surface area (Å²) in [5, 5.41) is 0.284. The predicted octanol–water partition coefficient (Wildman–Crippen LogP) is 5.55. The van der Waals surface area contributed by atoms with Crippen LogP contribution in [0.4, 0.5) is 22.0 Å². The Morgan fingerprint density at radius 2 is 1.71 bits per heavy atom. The van der Waals surface area contributed by atoms with Gasteiger partial charge in [0.15, 0.2) is 0 Å². The number of nitrogens with zero attached hydrogens (tertiary/aromatic N) is 1. The Morgan fingerprint density at radius 1 is 1.10 bits per heavy atom. The molecule has 1 aliphatic rings. The van der Waals surface area contributed by atoms with Crippen LogP contribution in [0, 0.1) is 0 Å². The van der Waals surface area contributed by atoms with Crippen molar-refractivity contribution in [1.29, 1.82) is 0 Å². The van der Waals surface area contributed by atoms with E-state index >= 15 is 0 Å². The van der Waals surface area contributed by atoms with Crippen LogP contribution in [0.5, 0.6) is 0 Å². The van der Waals surface area contributed by atoms with E-state index in [9.17, 15) is 22.0 Å². The van der Waals surface area contributed by atoms with Gasteiger partial charge < -0.3 is 0 Å². The second kappa shape index (κ2) is 4.49. The molecule has 0 saturated carbocycles. The van der Waals surface area contributed by atoms with Gasteiger partial charge in [0.2, 0.25) is 0 Å². The molecule has 0 aliphatic heterocycles. The highest BCUT2D eigenvalue weighted by Crippen LogP contribution is 2.44. The van der Waals surface area contributed by atoms with Crippen LogP contribution >= 0.6 is 23.2 Å². The fraction of sp³-hybridized carbons (Fsp3) is 0.385. The lowest BCUT2D eigenvalue weighted by atomic mass is 9.93. The average Bonchev–Trinajstić information content (AvgIpc) is 2.60. The summed E-state index contributed by atoms with van der Waals surface area (Å²) >= 11 is 11.6. The zero-order chi connectivity index (χ0) is 15.6. The van der Waals surface area contributed by atoms with Gasteiger partial charge >= 0.3 is 6.30 Å². The Morgan fingerprint density at radius 3 is 2.33 bits per heavy atom. The standard InChI is InChI=1S/C13H8Cl2F5N/c14-8-3-7-6-1-2-12(16,17)5-11(6)21(13(18,19)20)10(7)4-9(8)15/h3-4H,1-2,5H2. The second-order valence-corrected chi connectivity index (χ2v) is 5.86. The lowest BCUT2D eigenvalue weighted by molar-refractivity contribution is -0.203. The Bertz CT molecular complexity index is 732. The molecule has 1 heterocycles. The number of aromatic nitrogens is 1. The van der Waals surface area contributed by atoms with E-state index in [1.165, 1.54) is 6.07 Å². The molecule has 114 valence electrons. The summed E-state index contributed by atoms with van der Waals surface area (Å²) in [4.78, 5) is 0. The Kier molecular flexibility index (Phi) is 3.19. The fourth-order valence-electron chi connectivity index (χ4n) is 2.79.